The second kappa shape index (κ2) is 13.2. The van der Waals surface area contributed by atoms with Gasteiger partial charge in [0.2, 0.25) is 0 Å². The van der Waals surface area contributed by atoms with Crippen molar-refractivity contribution in [1.29, 1.82) is 0 Å². The van der Waals surface area contributed by atoms with E-state index in [2.05, 4.69) is 4.98 Å². The minimum absolute atomic E-state index is 0.0865. The number of nitrogens with one attached hydrogen (secondary N) is 1. The summed E-state index contributed by atoms with van der Waals surface area (Å²) in [4.78, 5) is 28.5. The second-order valence-corrected chi connectivity index (χ2v) is 16.1. The molecule has 0 bridgehead atoms. The molecule has 47 heavy (non-hydrogen) atoms. The van der Waals surface area contributed by atoms with Crippen LogP contribution in [0, 0.1) is 0 Å². The molecule has 1 aromatic heterocycles. The van der Waals surface area contributed by atoms with Crippen molar-refractivity contribution in [3.05, 3.63) is 142 Å². The Morgan fingerprint density at radius 2 is 1.49 bits per heavy atom. The topological polar surface area (TPSA) is 123 Å². The quantitative estimate of drug-likeness (QED) is 0.198. The molecule has 1 aliphatic rings. The molecule has 1 saturated heterocycles. The third-order valence-corrected chi connectivity index (χ3v) is 12.5. The van der Waals surface area contributed by atoms with Gasteiger partial charge in [-0.2, -0.15) is 0 Å². The number of aliphatic hydroxyl groups is 2. The van der Waals surface area contributed by atoms with E-state index in [1.165, 1.54) is 16.8 Å². The smallest absolute Gasteiger partial charge is 0.330 e. The molecule has 0 unspecified atom stereocenters. The number of aliphatic hydroxyl groups excluding tert-OH is 2. The highest BCUT2D eigenvalue weighted by Crippen LogP contribution is 2.45. The Bertz CT molecular complexity index is 1900. The van der Waals surface area contributed by atoms with E-state index in [0.29, 0.717) is 0 Å². The summed E-state index contributed by atoms with van der Waals surface area (Å²) in [6.07, 6.45) is -1.29. The van der Waals surface area contributed by atoms with Gasteiger partial charge in [-0.3, -0.25) is 14.3 Å². The first-order chi connectivity index (χ1) is 22.6. The van der Waals surface area contributed by atoms with Gasteiger partial charge in [-0.15, -0.1) is 0 Å². The third kappa shape index (κ3) is 6.28. The van der Waals surface area contributed by atoms with Crippen LogP contribution in [0.2, 0.25) is 0 Å². The fourth-order valence-electron chi connectivity index (χ4n) is 6.62. The molecule has 1 aliphatic heterocycles. The predicted molar refractivity (Wildman–Crippen MR) is 184 cm³/mol. The molecule has 9 nitrogen and oxygen atoms in total. The molecule has 244 valence electrons. The molecule has 3 N–H and O–H groups in total. The number of ether oxygens (including phenoxy) is 3. The molecule has 5 aromatic rings. The zero-order valence-electron chi connectivity index (χ0n) is 26.7. The van der Waals surface area contributed by atoms with Crippen LogP contribution in [0.3, 0.4) is 0 Å². The Morgan fingerprint density at radius 3 is 2.11 bits per heavy atom. The standard InChI is InChI=1S/C37H40N2O7Si/c1-35(2,3)45-25-36(24-40)33(44-23-27-15-12-14-26-13-10-11-20-30(26)27)32(42)37(46-36,39-22-21-31(41)38-34(39)43)47(28-16-6-4-7-17-28)29-18-8-5-9-19-29/h4-22,32-33,40,42,47H,23-25H2,1-3H3,(H,38,41,43)/t32-,33+,36-,37+/m1/s1. The van der Waals surface area contributed by atoms with Crippen molar-refractivity contribution in [3.8, 4) is 0 Å². The van der Waals surface area contributed by atoms with Gasteiger partial charge in [0, 0.05) is 12.3 Å². The summed E-state index contributed by atoms with van der Waals surface area (Å²) in [7, 11) is -2.89. The van der Waals surface area contributed by atoms with E-state index < -0.39 is 55.4 Å². The molecule has 0 saturated carbocycles. The number of rotatable bonds is 10. The van der Waals surface area contributed by atoms with Gasteiger partial charge in [-0.25, -0.2) is 4.79 Å². The number of aromatic amines is 1. The molecule has 0 spiro atoms. The van der Waals surface area contributed by atoms with Crippen molar-refractivity contribution in [2.75, 3.05) is 13.2 Å². The highest BCUT2D eigenvalue weighted by atomic mass is 28.3. The number of hydrogen-bond acceptors (Lipinski definition) is 7. The van der Waals surface area contributed by atoms with Crippen LogP contribution in [0.4, 0.5) is 0 Å². The minimum atomic E-state index is -2.89. The van der Waals surface area contributed by atoms with Crippen LogP contribution in [0.1, 0.15) is 26.3 Å². The molecule has 6 rings (SSSR count). The lowest BCUT2D eigenvalue weighted by atomic mass is 9.95. The van der Waals surface area contributed by atoms with E-state index in [4.69, 9.17) is 14.2 Å². The average molecular weight is 653 g/mol. The number of aromatic nitrogens is 2. The van der Waals surface area contributed by atoms with Gasteiger partial charge < -0.3 is 24.4 Å². The fraction of sp³-hybridized carbons (Fsp3) is 0.297. The Kier molecular flexibility index (Phi) is 9.17. The van der Waals surface area contributed by atoms with Crippen LogP contribution in [-0.2, 0) is 26.2 Å². The molecule has 10 heteroatoms. The summed E-state index contributed by atoms with van der Waals surface area (Å²) in [5, 5.41) is 26.0. The van der Waals surface area contributed by atoms with Gasteiger partial charge in [0.15, 0.2) is 14.1 Å². The fourth-order valence-corrected chi connectivity index (χ4v) is 10.5. The van der Waals surface area contributed by atoms with E-state index in [9.17, 15) is 19.8 Å². The number of benzene rings is 4. The van der Waals surface area contributed by atoms with E-state index in [1.807, 2.05) is 124 Å². The number of H-pyrrole nitrogens is 1. The van der Waals surface area contributed by atoms with Crippen LogP contribution < -0.4 is 21.6 Å². The molecule has 4 atom stereocenters. The number of nitrogens with zero attached hydrogens (tertiary/aromatic N) is 1. The minimum Gasteiger partial charge on any atom is -0.393 e. The summed E-state index contributed by atoms with van der Waals surface area (Å²) >= 11 is 0. The summed E-state index contributed by atoms with van der Waals surface area (Å²) < 4.78 is 21.3. The third-order valence-electron chi connectivity index (χ3n) is 8.79. The predicted octanol–water partition coefficient (Wildman–Crippen LogP) is 2.45. The summed E-state index contributed by atoms with van der Waals surface area (Å²) in [6, 6.07) is 34.3. The van der Waals surface area contributed by atoms with E-state index >= 15 is 0 Å². The van der Waals surface area contributed by atoms with Crippen LogP contribution in [0.15, 0.2) is 125 Å². The summed E-state index contributed by atoms with van der Waals surface area (Å²) in [5.74, 6) is 0. The van der Waals surface area contributed by atoms with Gasteiger partial charge in [-0.1, -0.05) is 114 Å². The van der Waals surface area contributed by atoms with Crippen molar-refractivity contribution < 1.29 is 24.4 Å². The van der Waals surface area contributed by atoms with E-state index in [-0.39, 0.29) is 13.2 Å². The maximum atomic E-state index is 13.8. The summed E-state index contributed by atoms with van der Waals surface area (Å²) in [6.45, 7) is 5.03. The first kappa shape index (κ1) is 32.8. The number of hydrogen-bond donors (Lipinski definition) is 3. The van der Waals surface area contributed by atoms with Crippen LogP contribution in [-0.4, -0.2) is 65.2 Å². The van der Waals surface area contributed by atoms with Crippen LogP contribution in [0.5, 0.6) is 0 Å². The van der Waals surface area contributed by atoms with Gasteiger partial charge >= 0.3 is 5.69 Å². The van der Waals surface area contributed by atoms with Gasteiger partial charge in [-0.05, 0) is 37.1 Å². The van der Waals surface area contributed by atoms with Crippen molar-refractivity contribution >= 4 is 29.9 Å². The van der Waals surface area contributed by atoms with Crippen LogP contribution in [0.25, 0.3) is 10.8 Å². The molecule has 2 heterocycles. The van der Waals surface area contributed by atoms with Crippen molar-refractivity contribution in [3.63, 3.8) is 0 Å². The molecule has 0 aliphatic carbocycles. The lowest BCUT2D eigenvalue weighted by molar-refractivity contribution is -0.200. The molecule has 0 radical (unpaired) electrons. The molecule has 1 fully saturated rings. The Labute approximate surface area is 274 Å². The SMILES string of the molecule is CC(C)(C)OC[C@@]1(CO)O[C@](n2ccc(=O)[nH]c2=O)([SiH](c2ccccc2)c2ccccc2)[C@H](O)[C@@H]1OCc1cccc2ccccc12. The average Bonchev–Trinajstić information content (AvgIpc) is 3.31. The highest BCUT2D eigenvalue weighted by Gasteiger charge is 2.68. The van der Waals surface area contributed by atoms with Crippen LogP contribution >= 0.6 is 0 Å². The van der Waals surface area contributed by atoms with Gasteiger partial charge in [0.05, 0.1) is 25.4 Å². The first-order valence-corrected chi connectivity index (χ1v) is 17.4. The van der Waals surface area contributed by atoms with Gasteiger partial charge in [0.25, 0.3) is 5.56 Å². The van der Waals surface area contributed by atoms with Gasteiger partial charge in [0.1, 0.15) is 17.8 Å². The Hall–Kier alpha value is -4.16. The molecule has 4 aromatic carbocycles. The normalized spacial score (nSPS) is 23.0. The maximum Gasteiger partial charge on any atom is 0.330 e. The lowest BCUT2D eigenvalue weighted by Crippen LogP contribution is -2.69. The molecular formula is C37H40N2O7Si. The largest absolute Gasteiger partial charge is 0.393 e. The highest BCUT2D eigenvalue weighted by molar-refractivity contribution is 6.86. The van der Waals surface area contributed by atoms with Crippen molar-refractivity contribution in [2.24, 2.45) is 0 Å². The lowest BCUT2D eigenvalue weighted by Gasteiger charge is -2.41. The zero-order valence-corrected chi connectivity index (χ0v) is 27.9. The van der Waals surface area contributed by atoms with E-state index in [1.54, 1.807) is 0 Å². The molecular weight excluding hydrogens is 613 g/mol. The monoisotopic (exact) mass is 652 g/mol. The number of fused-ring (bicyclic) bond motifs is 1. The first-order valence-electron chi connectivity index (χ1n) is 15.7. The molecule has 0 amide bonds. The summed E-state index contributed by atoms with van der Waals surface area (Å²) in [5.41, 5.74) is -2.69. The second-order valence-electron chi connectivity index (χ2n) is 13.0. The zero-order chi connectivity index (χ0) is 33.2. The Balaban J connectivity index is 1.58. The van der Waals surface area contributed by atoms with Crippen molar-refractivity contribution in [1.82, 2.24) is 9.55 Å². The maximum absolute atomic E-state index is 13.8. The van der Waals surface area contributed by atoms with Crippen molar-refractivity contribution in [2.45, 2.75) is 56.1 Å². The Morgan fingerprint density at radius 1 is 0.872 bits per heavy atom. The van der Waals surface area contributed by atoms with E-state index in [0.717, 1.165) is 26.7 Å².